The van der Waals surface area contributed by atoms with Gasteiger partial charge in [0.2, 0.25) is 0 Å². The van der Waals surface area contributed by atoms with Crippen LogP contribution in [0.3, 0.4) is 0 Å². The Balaban J connectivity index is 0.999. The van der Waals surface area contributed by atoms with Crippen molar-refractivity contribution in [3.05, 3.63) is 196 Å². The Kier molecular flexibility index (Phi) is 17.1. The molecule has 0 unspecified atom stereocenters. The summed E-state index contributed by atoms with van der Waals surface area (Å²) in [5.41, 5.74) is 0.850. The average Bonchev–Trinajstić information content (AvgIpc) is 3.40. The number of urea groups is 3. The quantitative estimate of drug-likeness (QED) is 0.0318. The minimum absolute atomic E-state index is 0.0429. The van der Waals surface area contributed by atoms with E-state index in [1.807, 2.05) is 18.2 Å². The standard InChI is InChI=1S/C54H42N6O18/c61-46(62)31-16-32(47(63)64)20-40(19-31)58-52(73)55-37-1-7-43(8-2-37)76-25-28-13-29(26-77-44-9-3-38(4-10-44)56-53(74)59-41-21-33(48(65)66)17-34(22-41)49(67)68)15-30(14-28)27-78-45-11-5-39(6-12-45)57-54(75)60-42-23-35(50(69)70)18-36(24-42)51(71)72/h1-24H,25-27H2,(H,61,62)(H,63,64)(H,65,66)(H,67,68)(H,69,70)(H,71,72)(H2,55,58,73)(H2,56,59,74)(H2,57,60,75). The number of amides is 6. The first kappa shape index (κ1) is 54.3. The van der Waals surface area contributed by atoms with Crippen LogP contribution >= 0.6 is 0 Å². The maximum absolute atomic E-state index is 12.7. The molecule has 24 nitrogen and oxygen atoms in total. The van der Waals surface area contributed by atoms with Crippen molar-refractivity contribution in [2.45, 2.75) is 19.8 Å². The third kappa shape index (κ3) is 15.5. The van der Waals surface area contributed by atoms with Crippen LogP contribution in [0.25, 0.3) is 0 Å². The van der Waals surface area contributed by atoms with Crippen LogP contribution in [0.15, 0.2) is 146 Å². The van der Waals surface area contributed by atoms with Crippen LogP contribution < -0.4 is 46.1 Å². The molecule has 0 saturated carbocycles. The molecule has 0 aliphatic rings. The summed E-state index contributed by atoms with van der Waals surface area (Å²) in [6.45, 7) is 0.129. The van der Waals surface area contributed by atoms with E-state index in [4.69, 9.17) is 14.2 Å². The summed E-state index contributed by atoms with van der Waals surface area (Å²) < 4.78 is 18.2. The van der Waals surface area contributed by atoms with Crippen molar-refractivity contribution in [3.8, 4) is 17.2 Å². The number of nitrogens with one attached hydrogen (secondary N) is 6. The normalized spacial score (nSPS) is 10.5. The summed E-state index contributed by atoms with van der Waals surface area (Å²) in [7, 11) is 0. The molecule has 0 heterocycles. The molecule has 0 aliphatic carbocycles. The molecule has 0 radical (unpaired) electrons. The van der Waals surface area contributed by atoms with E-state index >= 15 is 0 Å². The maximum atomic E-state index is 12.7. The van der Waals surface area contributed by atoms with Gasteiger partial charge in [-0.2, -0.15) is 0 Å². The van der Waals surface area contributed by atoms with Crippen molar-refractivity contribution in [2.75, 3.05) is 31.9 Å². The lowest BCUT2D eigenvalue weighted by molar-refractivity contribution is 0.0676. The fourth-order valence-corrected chi connectivity index (χ4v) is 7.21. The molecule has 0 bridgehead atoms. The number of aromatic carboxylic acids is 6. The van der Waals surface area contributed by atoms with Gasteiger partial charge in [-0.25, -0.2) is 43.2 Å². The fourth-order valence-electron chi connectivity index (χ4n) is 7.21. The minimum atomic E-state index is -1.38. The van der Waals surface area contributed by atoms with E-state index in [0.717, 1.165) is 54.6 Å². The van der Waals surface area contributed by atoms with Gasteiger partial charge in [0.1, 0.15) is 37.1 Å². The summed E-state index contributed by atoms with van der Waals surface area (Å²) in [6, 6.07) is 31.5. The number of carboxylic acids is 6. The molecule has 0 saturated heterocycles. The van der Waals surface area contributed by atoms with Gasteiger partial charge < -0.3 is 76.8 Å². The van der Waals surface area contributed by atoms with E-state index in [9.17, 15) is 73.8 Å². The van der Waals surface area contributed by atoms with Crippen LogP contribution in [0.2, 0.25) is 0 Å². The van der Waals surface area contributed by atoms with Gasteiger partial charge in [0.05, 0.1) is 33.4 Å². The number of rotatable bonds is 21. The predicted molar refractivity (Wildman–Crippen MR) is 278 cm³/mol. The molecular weight excluding hydrogens is 1020 g/mol. The van der Waals surface area contributed by atoms with E-state index in [1.165, 1.54) is 0 Å². The third-order valence-corrected chi connectivity index (χ3v) is 10.7. The topological polar surface area (TPSA) is 375 Å². The summed E-state index contributed by atoms with van der Waals surface area (Å²) in [5, 5.41) is 71.2. The first-order chi connectivity index (χ1) is 37.2. The zero-order valence-corrected chi connectivity index (χ0v) is 40.1. The number of benzene rings is 7. The second-order valence-corrected chi connectivity index (χ2v) is 16.6. The molecular formula is C54H42N6O18. The van der Waals surface area contributed by atoms with E-state index in [0.29, 0.717) is 51.0 Å². The predicted octanol–water partition coefficient (Wildman–Crippen LogP) is 9.54. The van der Waals surface area contributed by atoms with Gasteiger partial charge in [0, 0.05) is 34.1 Å². The van der Waals surface area contributed by atoms with E-state index in [2.05, 4.69) is 31.9 Å². The minimum Gasteiger partial charge on any atom is -0.489 e. The summed E-state index contributed by atoms with van der Waals surface area (Å²) in [6.07, 6.45) is 0. The lowest BCUT2D eigenvalue weighted by Gasteiger charge is -2.14. The van der Waals surface area contributed by atoms with Gasteiger partial charge in [-0.3, -0.25) is 0 Å². The first-order valence-electron chi connectivity index (χ1n) is 22.6. The van der Waals surface area contributed by atoms with Crippen molar-refractivity contribution in [1.29, 1.82) is 0 Å². The zero-order chi connectivity index (χ0) is 56.0. The van der Waals surface area contributed by atoms with Crippen LogP contribution in [0.5, 0.6) is 17.2 Å². The Morgan fingerprint density at radius 1 is 0.269 bits per heavy atom. The first-order valence-corrected chi connectivity index (χ1v) is 22.6. The van der Waals surface area contributed by atoms with Crippen LogP contribution in [-0.2, 0) is 19.8 Å². The molecule has 7 aromatic rings. The van der Waals surface area contributed by atoms with Crippen LogP contribution in [-0.4, -0.2) is 84.5 Å². The Labute approximate surface area is 439 Å². The molecule has 7 aromatic carbocycles. The second-order valence-electron chi connectivity index (χ2n) is 16.6. The molecule has 7 rings (SSSR count). The van der Waals surface area contributed by atoms with E-state index in [1.54, 1.807) is 72.8 Å². The van der Waals surface area contributed by atoms with Crippen LogP contribution in [0, 0.1) is 0 Å². The highest BCUT2D eigenvalue weighted by Crippen LogP contribution is 2.25. The molecule has 78 heavy (non-hydrogen) atoms. The maximum Gasteiger partial charge on any atom is 0.335 e. The van der Waals surface area contributed by atoms with Crippen LogP contribution in [0.1, 0.15) is 78.8 Å². The number of ether oxygens (including phenoxy) is 3. The number of anilines is 6. The highest BCUT2D eigenvalue weighted by Gasteiger charge is 2.17. The van der Waals surface area contributed by atoms with E-state index in [-0.39, 0.29) is 70.3 Å². The molecule has 6 amide bonds. The van der Waals surface area contributed by atoms with Crippen molar-refractivity contribution < 1.29 is 88.0 Å². The Morgan fingerprint density at radius 3 is 0.654 bits per heavy atom. The number of hydrogen-bond donors (Lipinski definition) is 12. The van der Waals surface area contributed by atoms with Crippen LogP contribution in [0.4, 0.5) is 48.5 Å². The summed E-state index contributed by atoms with van der Waals surface area (Å²) in [5.74, 6) is -7.07. The van der Waals surface area contributed by atoms with Gasteiger partial charge in [0.15, 0.2) is 0 Å². The SMILES string of the molecule is O=C(Nc1ccc(OCc2cc(COc3ccc(NC(=O)Nc4cc(C(=O)O)cc(C(=O)O)c4)cc3)cc(COc3ccc(NC(=O)Nc4cc(C(=O)O)cc(C(=O)O)c4)cc3)c2)cc1)Nc1cc(C(=O)O)cc(C(=O)O)c1. The molecule has 0 spiro atoms. The molecule has 24 heteroatoms. The number of carboxylic acid groups (broad SMARTS) is 6. The Hall–Kier alpha value is -11.4. The average molecular weight is 1060 g/mol. The van der Waals surface area contributed by atoms with Gasteiger partial charge in [-0.1, -0.05) is 0 Å². The van der Waals surface area contributed by atoms with Crippen molar-refractivity contribution in [2.24, 2.45) is 0 Å². The molecule has 0 aliphatic heterocycles. The molecule has 12 N–H and O–H groups in total. The summed E-state index contributed by atoms with van der Waals surface area (Å²) in [4.78, 5) is 107. The second kappa shape index (κ2) is 24.5. The number of carbonyl (C=O) groups excluding carboxylic acids is 3. The van der Waals surface area contributed by atoms with Gasteiger partial charge in [-0.15, -0.1) is 0 Å². The van der Waals surface area contributed by atoms with Gasteiger partial charge in [0.25, 0.3) is 0 Å². The Morgan fingerprint density at radius 2 is 0.462 bits per heavy atom. The third-order valence-electron chi connectivity index (χ3n) is 10.7. The van der Waals surface area contributed by atoms with Gasteiger partial charge >= 0.3 is 53.9 Å². The lowest BCUT2D eigenvalue weighted by Crippen LogP contribution is -2.20. The summed E-state index contributed by atoms with van der Waals surface area (Å²) >= 11 is 0. The monoisotopic (exact) mass is 1060 g/mol. The molecule has 0 atom stereocenters. The Bertz CT molecular complexity index is 3020. The van der Waals surface area contributed by atoms with Gasteiger partial charge in [-0.05, 0) is 162 Å². The number of hydrogen-bond acceptors (Lipinski definition) is 12. The lowest BCUT2D eigenvalue weighted by atomic mass is 10.1. The highest BCUT2D eigenvalue weighted by molar-refractivity contribution is 6.05. The molecule has 0 fully saturated rings. The number of carbonyl (C=O) groups is 9. The molecule has 0 aromatic heterocycles. The zero-order valence-electron chi connectivity index (χ0n) is 40.1. The molecule has 396 valence electrons. The van der Waals surface area contributed by atoms with Crippen molar-refractivity contribution >= 4 is 88.0 Å². The van der Waals surface area contributed by atoms with E-state index < -0.39 is 53.9 Å². The largest absolute Gasteiger partial charge is 0.489 e. The highest BCUT2D eigenvalue weighted by atomic mass is 16.5. The van der Waals surface area contributed by atoms with Crippen molar-refractivity contribution in [1.82, 2.24) is 0 Å². The smallest absolute Gasteiger partial charge is 0.335 e. The van der Waals surface area contributed by atoms with Crippen molar-refractivity contribution in [3.63, 3.8) is 0 Å². The fraction of sp³-hybridized carbons (Fsp3) is 0.0556.